The van der Waals surface area contributed by atoms with Crippen molar-refractivity contribution >= 4 is 12.4 Å². The van der Waals surface area contributed by atoms with Gasteiger partial charge in [0.15, 0.2) is 0 Å². The lowest BCUT2D eigenvalue weighted by Gasteiger charge is -2.13. The molecule has 0 radical (unpaired) electrons. The van der Waals surface area contributed by atoms with E-state index in [-0.39, 0.29) is 18.2 Å². The molecule has 0 bridgehead atoms. The summed E-state index contributed by atoms with van der Waals surface area (Å²) in [6.45, 7) is 1.86. The van der Waals surface area contributed by atoms with Crippen LogP contribution in [0.3, 0.4) is 0 Å². The van der Waals surface area contributed by atoms with Crippen molar-refractivity contribution in [2.75, 3.05) is 0 Å². The number of hydrogen-bond donors (Lipinski definition) is 1. The monoisotopic (exact) mass is 251 g/mol. The van der Waals surface area contributed by atoms with Crippen LogP contribution in [0.25, 0.3) is 0 Å². The van der Waals surface area contributed by atoms with E-state index in [1.54, 1.807) is 6.07 Å². The molecule has 2 N–H and O–H groups in total. The molecule has 0 aromatic heterocycles. The Morgan fingerprint density at radius 3 is 2.29 bits per heavy atom. The van der Waals surface area contributed by atoms with Gasteiger partial charge in [0, 0.05) is 5.56 Å². The zero-order chi connectivity index (χ0) is 11.5. The lowest BCUT2D eigenvalue weighted by atomic mass is 9.98. The number of hydrogen-bond acceptors (Lipinski definition) is 1. The van der Waals surface area contributed by atoms with Gasteiger partial charge in [-0.15, -0.1) is 12.4 Å². The van der Waals surface area contributed by atoms with Crippen LogP contribution in [0.4, 0.5) is 4.39 Å². The summed E-state index contributed by atoms with van der Waals surface area (Å²) in [5.74, 6) is -0.239. The van der Waals surface area contributed by atoms with Gasteiger partial charge in [0.1, 0.15) is 5.82 Å². The van der Waals surface area contributed by atoms with Gasteiger partial charge in [0.25, 0.3) is 0 Å². The van der Waals surface area contributed by atoms with Crippen LogP contribution in [0, 0.1) is 12.7 Å². The first kappa shape index (κ1) is 13.7. The first-order valence-electron chi connectivity index (χ1n) is 5.25. The highest BCUT2D eigenvalue weighted by Crippen LogP contribution is 2.22. The minimum atomic E-state index is -0.401. The van der Waals surface area contributed by atoms with E-state index >= 15 is 0 Å². The number of aryl methyl sites for hydroxylation is 1. The van der Waals surface area contributed by atoms with Crippen molar-refractivity contribution in [3.63, 3.8) is 0 Å². The Hall–Kier alpha value is -1.38. The fourth-order valence-electron chi connectivity index (χ4n) is 1.72. The third kappa shape index (κ3) is 3.05. The van der Waals surface area contributed by atoms with E-state index in [1.807, 2.05) is 43.3 Å². The molecule has 90 valence electrons. The molecule has 0 saturated heterocycles. The highest BCUT2D eigenvalue weighted by Gasteiger charge is 2.12. The fourth-order valence-corrected chi connectivity index (χ4v) is 1.72. The summed E-state index contributed by atoms with van der Waals surface area (Å²) in [6.07, 6.45) is 0. The highest BCUT2D eigenvalue weighted by molar-refractivity contribution is 5.85. The summed E-state index contributed by atoms with van der Waals surface area (Å²) < 4.78 is 13.7. The summed E-state index contributed by atoms with van der Waals surface area (Å²) >= 11 is 0. The number of rotatable bonds is 2. The van der Waals surface area contributed by atoms with Gasteiger partial charge in [0.05, 0.1) is 6.04 Å². The third-order valence-electron chi connectivity index (χ3n) is 2.65. The lowest BCUT2D eigenvalue weighted by molar-refractivity contribution is 0.598. The molecule has 2 rings (SSSR count). The Morgan fingerprint density at radius 2 is 1.71 bits per heavy atom. The van der Waals surface area contributed by atoms with E-state index < -0.39 is 6.04 Å². The Bertz CT molecular complexity index is 485. The zero-order valence-corrected chi connectivity index (χ0v) is 10.4. The average molecular weight is 252 g/mol. The maximum Gasteiger partial charge on any atom is 0.128 e. The highest BCUT2D eigenvalue weighted by atomic mass is 35.5. The lowest BCUT2D eigenvalue weighted by Crippen LogP contribution is -2.13. The molecule has 3 heteroatoms. The molecule has 0 saturated carbocycles. The molecule has 0 fully saturated rings. The number of nitrogens with two attached hydrogens (primary N) is 1. The van der Waals surface area contributed by atoms with E-state index in [9.17, 15) is 4.39 Å². The molecule has 1 unspecified atom stereocenters. The molecule has 0 aliphatic carbocycles. The molecule has 0 aliphatic heterocycles. The topological polar surface area (TPSA) is 26.0 Å². The largest absolute Gasteiger partial charge is 0.320 e. The Labute approximate surface area is 107 Å². The minimum Gasteiger partial charge on any atom is -0.320 e. The molecule has 0 spiro atoms. The quantitative estimate of drug-likeness (QED) is 0.867. The van der Waals surface area contributed by atoms with Gasteiger partial charge in [-0.3, -0.25) is 0 Å². The van der Waals surface area contributed by atoms with Crippen molar-refractivity contribution in [2.45, 2.75) is 13.0 Å². The fraction of sp³-hybridized carbons (Fsp3) is 0.143. The van der Waals surface area contributed by atoms with Gasteiger partial charge in [0.2, 0.25) is 0 Å². The minimum absolute atomic E-state index is 0. The van der Waals surface area contributed by atoms with Crippen molar-refractivity contribution in [2.24, 2.45) is 5.73 Å². The van der Waals surface area contributed by atoms with Gasteiger partial charge in [-0.2, -0.15) is 0 Å². The van der Waals surface area contributed by atoms with Crippen molar-refractivity contribution in [1.82, 2.24) is 0 Å². The molecule has 0 amide bonds. The molecule has 2 aromatic carbocycles. The average Bonchev–Trinajstić information content (AvgIpc) is 2.29. The van der Waals surface area contributed by atoms with E-state index in [1.165, 1.54) is 6.07 Å². The van der Waals surface area contributed by atoms with Crippen LogP contribution in [0.1, 0.15) is 22.7 Å². The molecule has 1 atom stereocenters. The summed E-state index contributed by atoms with van der Waals surface area (Å²) in [5.41, 5.74) is 8.39. The van der Waals surface area contributed by atoms with E-state index in [2.05, 4.69) is 0 Å². The summed E-state index contributed by atoms with van der Waals surface area (Å²) in [5, 5.41) is 0. The van der Waals surface area contributed by atoms with Gasteiger partial charge in [-0.05, 0) is 24.1 Å². The van der Waals surface area contributed by atoms with Crippen molar-refractivity contribution in [3.8, 4) is 0 Å². The van der Waals surface area contributed by atoms with Gasteiger partial charge < -0.3 is 5.73 Å². The van der Waals surface area contributed by atoms with E-state index in [4.69, 9.17) is 5.73 Å². The van der Waals surface area contributed by atoms with Gasteiger partial charge in [-0.1, -0.05) is 42.5 Å². The second-order valence-corrected chi connectivity index (χ2v) is 3.91. The molecule has 0 heterocycles. The molecular weight excluding hydrogens is 237 g/mol. The predicted molar refractivity (Wildman–Crippen MR) is 70.9 cm³/mol. The van der Waals surface area contributed by atoms with Crippen LogP contribution in [0.5, 0.6) is 0 Å². The second kappa shape index (κ2) is 5.80. The Balaban J connectivity index is 0.00000144. The van der Waals surface area contributed by atoms with Crippen molar-refractivity contribution < 1.29 is 4.39 Å². The zero-order valence-electron chi connectivity index (χ0n) is 9.56. The maximum atomic E-state index is 13.7. The van der Waals surface area contributed by atoms with Gasteiger partial charge in [-0.25, -0.2) is 4.39 Å². The normalized spacial score (nSPS) is 11.7. The summed E-state index contributed by atoms with van der Waals surface area (Å²) in [4.78, 5) is 0. The number of halogens is 2. The standard InChI is InChI=1S/C14H14FN.ClH/c1-10-7-8-12(13(15)9-10)14(16)11-5-3-2-4-6-11;/h2-9,14H,16H2,1H3;1H. The van der Waals surface area contributed by atoms with E-state index in [0.717, 1.165) is 11.1 Å². The van der Waals surface area contributed by atoms with Crippen LogP contribution >= 0.6 is 12.4 Å². The predicted octanol–water partition coefficient (Wildman–Crippen LogP) is 3.60. The molecule has 17 heavy (non-hydrogen) atoms. The molecular formula is C14H15ClFN. The van der Waals surface area contributed by atoms with Crippen LogP contribution in [0.15, 0.2) is 48.5 Å². The summed E-state index contributed by atoms with van der Waals surface area (Å²) in [7, 11) is 0. The van der Waals surface area contributed by atoms with Crippen LogP contribution < -0.4 is 5.73 Å². The van der Waals surface area contributed by atoms with Crippen LogP contribution in [-0.4, -0.2) is 0 Å². The SMILES string of the molecule is Cc1ccc(C(N)c2ccccc2)c(F)c1.Cl. The molecule has 1 nitrogen and oxygen atoms in total. The van der Waals surface area contributed by atoms with Crippen LogP contribution in [0.2, 0.25) is 0 Å². The Morgan fingerprint density at radius 1 is 1.06 bits per heavy atom. The second-order valence-electron chi connectivity index (χ2n) is 3.91. The van der Waals surface area contributed by atoms with E-state index in [0.29, 0.717) is 5.56 Å². The first-order chi connectivity index (χ1) is 7.68. The third-order valence-corrected chi connectivity index (χ3v) is 2.65. The smallest absolute Gasteiger partial charge is 0.128 e. The first-order valence-corrected chi connectivity index (χ1v) is 5.25. The van der Waals surface area contributed by atoms with Crippen molar-refractivity contribution in [1.29, 1.82) is 0 Å². The maximum absolute atomic E-state index is 13.7. The molecule has 0 aliphatic rings. The van der Waals surface area contributed by atoms with Crippen LogP contribution in [-0.2, 0) is 0 Å². The Kier molecular flexibility index (Phi) is 4.67. The van der Waals surface area contributed by atoms with Gasteiger partial charge >= 0.3 is 0 Å². The molecule has 2 aromatic rings. The summed E-state index contributed by atoms with van der Waals surface area (Å²) in [6, 6.07) is 14.3. The number of benzene rings is 2. The van der Waals surface area contributed by atoms with Crippen molar-refractivity contribution in [3.05, 3.63) is 71.0 Å².